The monoisotopic (exact) mass is 267 g/mol. The molecule has 0 saturated carbocycles. The lowest BCUT2D eigenvalue weighted by Gasteiger charge is -2.06. The van der Waals surface area contributed by atoms with Gasteiger partial charge in [-0.1, -0.05) is 19.1 Å². The number of amides is 1. The molecule has 0 radical (unpaired) electrons. The molecular weight excluding hydrogens is 250 g/mol. The van der Waals surface area contributed by atoms with Crippen LogP contribution in [0.3, 0.4) is 0 Å². The lowest BCUT2D eigenvalue weighted by atomic mass is 10.1. The Bertz CT molecular complexity index is 420. The van der Waals surface area contributed by atoms with Crippen LogP contribution in [0.25, 0.3) is 0 Å². The number of aliphatic carboxylic acids is 1. The van der Waals surface area contributed by atoms with Gasteiger partial charge in [0.1, 0.15) is 0 Å². The van der Waals surface area contributed by atoms with Crippen LogP contribution >= 0.6 is 11.8 Å². The van der Waals surface area contributed by atoms with E-state index in [0.717, 1.165) is 12.1 Å². The maximum atomic E-state index is 11.6. The summed E-state index contributed by atoms with van der Waals surface area (Å²) in [6.45, 7) is 2.06. The zero-order chi connectivity index (χ0) is 13.4. The van der Waals surface area contributed by atoms with Crippen LogP contribution < -0.4 is 5.32 Å². The zero-order valence-corrected chi connectivity index (χ0v) is 11.1. The van der Waals surface area contributed by atoms with E-state index in [4.69, 9.17) is 5.11 Å². The molecule has 0 atom stereocenters. The molecule has 0 heterocycles. The Morgan fingerprint density at radius 1 is 1.39 bits per heavy atom. The van der Waals surface area contributed by atoms with E-state index in [0.29, 0.717) is 5.75 Å². The van der Waals surface area contributed by atoms with Gasteiger partial charge < -0.3 is 10.4 Å². The molecule has 0 aliphatic rings. The van der Waals surface area contributed by atoms with Crippen molar-refractivity contribution in [1.82, 2.24) is 0 Å². The zero-order valence-electron chi connectivity index (χ0n) is 10.3. The van der Waals surface area contributed by atoms with Crippen molar-refractivity contribution in [2.24, 2.45) is 0 Å². The Morgan fingerprint density at radius 2 is 2.17 bits per heavy atom. The van der Waals surface area contributed by atoms with Gasteiger partial charge in [0.05, 0.1) is 12.2 Å². The summed E-state index contributed by atoms with van der Waals surface area (Å²) in [6.07, 6.45) is 1.01. The molecule has 0 aromatic heterocycles. The molecule has 1 aromatic carbocycles. The summed E-state index contributed by atoms with van der Waals surface area (Å²) in [6, 6.07) is 7.71. The number of carboxylic acids is 1. The van der Waals surface area contributed by atoms with Gasteiger partial charge in [0.15, 0.2) is 0 Å². The third-order valence-corrected chi connectivity index (χ3v) is 3.27. The van der Waals surface area contributed by atoms with Crippen LogP contribution in [-0.4, -0.2) is 28.5 Å². The van der Waals surface area contributed by atoms with Crippen LogP contribution in [0.4, 0.5) is 5.69 Å². The predicted octanol–water partition coefficient (Wildman–Crippen LogP) is 2.40. The second-order valence-corrected chi connectivity index (χ2v) is 4.90. The van der Waals surface area contributed by atoms with Crippen molar-refractivity contribution in [2.75, 3.05) is 16.8 Å². The number of hydrogen-bond donors (Lipinski definition) is 2. The first kappa shape index (κ1) is 14.6. The van der Waals surface area contributed by atoms with Gasteiger partial charge in [-0.3, -0.25) is 9.59 Å². The molecule has 1 aromatic rings. The molecule has 2 N–H and O–H groups in total. The number of rotatable bonds is 7. The summed E-state index contributed by atoms with van der Waals surface area (Å²) in [4.78, 5) is 21.9. The highest BCUT2D eigenvalue weighted by Crippen LogP contribution is 2.12. The fraction of sp³-hybridized carbons (Fsp3) is 0.385. The molecular formula is C13H17NO3S. The molecule has 1 rings (SSSR count). The summed E-state index contributed by atoms with van der Waals surface area (Å²) < 4.78 is 0. The summed E-state index contributed by atoms with van der Waals surface area (Å²) >= 11 is 1.33. The molecule has 18 heavy (non-hydrogen) atoms. The summed E-state index contributed by atoms with van der Waals surface area (Å²) in [5, 5.41) is 11.3. The first-order valence-electron chi connectivity index (χ1n) is 5.80. The maximum Gasteiger partial charge on any atom is 0.304 e. The van der Waals surface area contributed by atoms with Crippen molar-refractivity contribution in [3.8, 4) is 0 Å². The summed E-state index contributed by atoms with van der Waals surface area (Å²) in [5.74, 6) is -0.196. The quantitative estimate of drug-likeness (QED) is 0.744. The summed E-state index contributed by atoms with van der Waals surface area (Å²) in [5.41, 5.74) is 1.96. The molecule has 0 aliphatic carbocycles. The van der Waals surface area contributed by atoms with Crippen LogP contribution in [0.15, 0.2) is 24.3 Å². The van der Waals surface area contributed by atoms with E-state index in [9.17, 15) is 9.59 Å². The molecule has 0 fully saturated rings. The second kappa shape index (κ2) is 7.76. The lowest BCUT2D eigenvalue weighted by molar-refractivity contribution is -0.136. The SMILES string of the molecule is CCc1cccc(NC(=O)CSCCC(=O)O)c1. The Balaban J connectivity index is 2.33. The first-order valence-corrected chi connectivity index (χ1v) is 6.95. The average Bonchev–Trinajstić information content (AvgIpc) is 2.34. The Hall–Kier alpha value is -1.49. The van der Waals surface area contributed by atoms with E-state index < -0.39 is 5.97 Å². The van der Waals surface area contributed by atoms with Gasteiger partial charge in [0, 0.05) is 11.4 Å². The highest BCUT2D eigenvalue weighted by atomic mass is 32.2. The maximum absolute atomic E-state index is 11.6. The van der Waals surface area contributed by atoms with Crippen LogP contribution in [0.2, 0.25) is 0 Å². The minimum Gasteiger partial charge on any atom is -0.481 e. The second-order valence-electron chi connectivity index (χ2n) is 3.80. The predicted molar refractivity (Wildman–Crippen MR) is 74.0 cm³/mol. The molecule has 0 spiro atoms. The highest BCUT2D eigenvalue weighted by Gasteiger charge is 2.04. The van der Waals surface area contributed by atoms with Crippen LogP contribution in [-0.2, 0) is 16.0 Å². The van der Waals surface area contributed by atoms with E-state index in [1.54, 1.807) is 0 Å². The Morgan fingerprint density at radius 3 is 2.83 bits per heavy atom. The van der Waals surface area contributed by atoms with Gasteiger partial charge in [0.25, 0.3) is 0 Å². The lowest BCUT2D eigenvalue weighted by Crippen LogP contribution is -2.14. The van der Waals surface area contributed by atoms with Crippen molar-refractivity contribution in [3.05, 3.63) is 29.8 Å². The normalized spacial score (nSPS) is 10.1. The van der Waals surface area contributed by atoms with E-state index in [2.05, 4.69) is 12.2 Å². The fourth-order valence-corrected chi connectivity index (χ4v) is 2.11. The molecule has 0 aliphatic heterocycles. The molecule has 5 heteroatoms. The number of carboxylic acid groups (broad SMARTS) is 1. The minimum absolute atomic E-state index is 0.0866. The van der Waals surface area contributed by atoms with E-state index >= 15 is 0 Å². The van der Waals surface area contributed by atoms with Crippen molar-refractivity contribution in [3.63, 3.8) is 0 Å². The van der Waals surface area contributed by atoms with Crippen molar-refractivity contribution < 1.29 is 14.7 Å². The number of thioether (sulfide) groups is 1. The van der Waals surface area contributed by atoms with E-state index in [1.165, 1.54) is 17.3 Å². The fourth-order valence-electron chi connectivity index (χ4n) is 1.39. The number of nitrogens with one attached hydrogen (secondary N) is 1. The standard InChI is InChI=1S/C13H17NO3S/c1-2-10-4-3-5-11(8-10)14-12(15)9-18-7-6-13(16)17/h3-5,8H,2,6-7,9H2,1H3,(H,14,15)(H,16,17). The van der Waals surface area contributed by atoms with Crippen molar-refractivity contribution in [1.29, 1.82) is 0 Å². The average molecular weight is 267 g/mol. The number of hydrogen-bond acceptors (Lipinski definition) is 3. The number of aryl methyl sites for hydroxylation is 1. The van der Waals surface area contributed by atoms with Crippen molar-refractivity contribution >= 4 is 29.3 Å². The smallest absolute Gasteiger partial charge is 0.304 e. The number of carbonyl (C=O) groups excluding carboxylic acids is 1. The van der Waals surface area contributed by atoms with Crippen LogP contribution in [0.1, 0.15) is 18.9 Å². The topological polar surface area (TPSA) is 66.4 Å². The third-order valence-electron chi connectivity index (χ3n) is 2.31. The molecule has 0 saturated heterocycles. The Labute approximate surface area is 111 Å². The van der Waals surface area contributed by atoms with E-state index in [-0.39, 0.29) is 18.1 Å². The highest BCUT2D eigenvalue weighted by molar-refractivity contribution is 7.99. The molecule has 0 unspecified atom stereocenters. The van der Waals surface area contributed by atoms with Gasteiger partial charge in [-0.15, -0.1) is 0 Å². The third kappa shape index (κ3) is 5.72. The Kier molecular flexibility index (Phi) is 6.28. The van der Waals surface area contributed by atoms with Gasteiger partial charge in [-0.25, -0.2) is 0 Å². The van der Waals surface area contributed by atoms with Gasteiger partial charge in [-0.2, -0.15) is 11.8 Å². The molecule has 0 bridgehead atoms. The molecule has 98 valence electrons. The number of carbonyl (C=O) groups is 2. The van der Waals surface area contributed by atoms with Crippen molar-refractivity contribution in [2.45, 2.75) is 19.8 Å². The first-order chi connectivity index (χ1) is 8.61. The van der Waals surface area contributed by atoms with Crippen LogP contribution in [0.5, 0.6) is 0 Å². The van der Waals surface area contributed by atoms with Crippen LogP contribution in [0, 0.1) is 0 Å². The van der Waals surface area contributed by atoms with E-state index in [1.807, 2.05) is 24.3 Å². The van der Waals surface area contributed by atoms with Gasteiger partial charge in [-0.05, 0) is 24.1 Å². The molecule has 4 nitrogen and oxygen atoms in total. The number of anilines is 1. The minimum atomic E-state index is -0.835. The summed E-state index contributed by atoms with van der Waals surface area (Å²) in [7, 11) is 0. The molecule has 1 amide bonds. The van der Waals surface area contributed by atoms with Gasteiger partial charge in [0.2, 0.25) is 5.91 Å². The largest absolute Gasteiger partial charge is 0.481 e. The number of benzene rings is 1. The van der Waals surface area contributed by atoms with Gasteiger partial charge >= 0.3 is 5.97 Å².